The molecular weight excluding hydrogens is 268 g/mol. The van der Waals surface area contributed by atoms with Crippen molar-refractivity contribution in [1.82, 2.24) is 0 Å². The standard InChI is InChI=1S/C21H30O/c1-14-5-8-18-17-7-6-15-13-16(22-4)9-11-21(15,3)19(17)10-12-20(14,18)2/h6,10,13-14,17-18H,5,7-9,11-12H2,1-4H3/t14-,17?,18?,20?,21-/m0/s1. The van der Waals surface area contributed by atoms with Crippen molar-refractivity contribution in [2.75, 3.05) is 7.11 Å². The fourth-order valence-corrected chi connectivity index (χ4v) is 6.02. The molecule has 0 spiro atoms. The van der Waals surface area contributed by atoms with Crippen molar-refractivity contribution in [2.24, 2.45) is 28.6 Å². The number of hydrogen-bond acceptors (Lipinski definition) is 1. The van der Waals surface area contributed by atoms with Crippen molar-refractivity contribution in [1.29, 1.82) is 0 Å². The number of allylic oxidation sites excluding steroid dienone is 6. The van der Waals surface area contributed by atoms with Gasteiger partial charge in [-0.25, -0.2) is 0 Å². The summed E-state index contributed by atoms with van der Waals surface area (Å²) in [5.74, 6) is 3.76. The first-order chi connectivity index (χ1) is 10.5. The molecule has 22 heavy (non-hydrogen) atoms. The van der Waals surface area contributed by atoms with Crippen LogP contribution in [0.5, 0.6) is 0 Å². The van der Waals surface area contributed by atoms with E-state index in [9.17, 15) is 0 Å². The fourth-order valence-electron chi connectivity index (χ4n) is 6.02. The quantitative estimate of drug-likeness (QED) is 0.569. The van der Waals surface area contributed by atoms with Gasteiger partial charge in [-0.2, -0.15) is 0 Å². The minimum Gasteiger partial charge on any atom is -0.501 e. The molecular formula is C21H30O. The van der Waals surface area contributed by atoms with Crippen molar-refractivity contribution in [3.63, 3.8) is 0 Å². The number of hydrogen-bond donors (Lipinski definition) is 0. The fraction of sp³-hybridized carbons (Fsp3) is 0.714. The van der Waals surface area contributed by atoms with Gasteiger partial charge in [-0.3, -0.25) is 0 Å². The second kappa shape index (κ2) is 4.76. The van der Waals surface area contributed by atoms with E-state index in [2.05, 4.69) is 39.0 Å². The third-order valence-corrected chi connectivity index (χ3v) is 7.85. The topological polar surface area (TPSA) is 9.23 Å². The third-order valence-electron chi connectivity index (χ3n) is 7.85. The zero-order valence-electron chi connectivity index (χ0n) is 14.6. The minimum absolute atomic E-state index is 0.276. The Balaban J connectivity index is 1.75. The molecule has 5 atom stereocenters. The largest absolute Gasteiger partial charge is 0.501 e. The maximum atomic E-state index is 5.52. The highest BCUT2D eigenvalue weighted by Gasteiger charge is 2.53. The van der Waals surface area contributed by atoms with Crippen LogP contribution in [0.1, 0.15) is 59.3 Å². The van der Waals surface area contributed by atoms with Crippen molar-refractivity contribution < 1.29 is 4.74 Å². The number of methoxy groups -OCH3 is 1. The molecule has 0 aromatic carbocycles. The summed E-state index contributed by atoms with van der Waals surface area (Å²) in [6, 6.07) is 0. The summed E-state index contributed by atoms with van der Waals surface area (Å²) >= 11 is 0. The Morgan fingerprint density at radius 1 is 1.18 bits per heavy atom. The van der Waals surface area contributed by atoms with Crippen LogP contribution in [0, 0.1) is 28.6 Å². The highest BCUT2D eigenvalue weighted by molar-refractivity contribution is 5.45. The van der Waals surface area contributed by atoms with Crippen LogP contribution >= 0.6 is 0 Å². The van der Waals surface area contributed by atoms with E-state index in [0.29, 0.717) is 5.41 Å². The highest BCUT2D eigenvalue weighted by Crippen LogP contribution is 2.63. The molecule has 120 valence electrons. The SMILES string of the molecule is COC1=CC2=CCC3C(=CCC4(C)C3CC[C@@H]4C)[C@@]2(C)CC1. The van der Waals surface area contributed by atoms with Gasteiger partial charge in [-0.15, -0.1) is 0 Å². The van der Waals surface area contributed by atoms with Crippen LogP contribution in [-0.2, 0) is 4.74 Å². The van der Waals surface area contributed by atoms with Gasteiger partial charge >= 0.3 is 0 Å². The average molecular weight is 298 g/mol. The second-order valence-corrected chi connectivity index (χ2v) is 8.60. The number of rotatable bonds is 1. The maximum absolute atomic E-state index is 5.52. The Labute approximate surface area is 135 Å². The van der Waals surface area contributed by atoms with E-state index in [1.165, 1.54) is 37.7 Å². The summed E-state index contributed by atoms with van der Waals surface area (Å²) in [6.07, 6.45) is 15.2. The Morgan fingerprint density at radius 2 is 2.00 bits per heavy atom. The summed E-state index contributed by atoms with van der Waals surface area (Å²) in [5.41, 5.74) is 4.12. The number of ether oxygens (including phenoxy) is 1. The van der Waals surface area contributed by atoms with Crippen LogP contribution in [0.2, 0.25) is 0 Å². The van der Waals surface area contributed by atoms with Crippen LogP contribution < -0.4 is 0 Å². The molecule has 3 unspecified atom stereocenters. The Morgan fingerprint density at radius 3 is 2.77 bits per heavy atom. The smallest absolute Gasteiger partial charge is 0.0958 e. The van der Waals surface area contributed by atoms with Crippen molar-refractivity contribution >= 4 is 0 Å². The first kappa shape index (κ1) is 14.6. The summed E-state index contributed by atoms with van der Waals surface area (Å²) in [5, 5.41) is 0. The van der Waals surface area contributed by atoms with Gasteiger partial charge in [0.1, 0.15) is 0 Å². The van der Waals surface area contributed by atoms with Gasteiger partial charge < -0.3 is 4.74 Å². The molecule has 0 saturated heterocycles. The first-order valence-corrected chi connectivity index (χ1v) is 9.15. The molecule has 0 N–H and O–H groups in total. The summed E-state index contributed by atoms with van der Waals surface area (Å²) in [7, 11) is 1.81. The molecule has 4 aliphatic carbocycles. The molecule has 0 aromatic rings. The van der Waals surface area contributed by atoms with Gasteiger partial charge in [0.25, 0.3) is 0 Å². The van der Waals surface area contributed by atoms with E-state index in [0.717, 1.165) is 29.9 Å². The van der Waals surface area contributed by atoms with E-state index in [-0.39, 0.29) is 5.41 Å². The molecule has 0 aliphatic heterocycles. The monoisotopic (exact) mass is 298 g/mol. The molecule has 1 saturated carbocycles. The molecule has 4 aliphatic rings. The van der Waals surface area contributed by atoms with E-state index in [1.54, 1.807) is 5.57 Å². The van der Waals surface area contributed by atoms with Crippen molar-refractivity contribution in [2.45, 2.75) is 59.3 Å². The lowest BCUT2D eigenvalue weighted by Crippen LogP contribution is -2.42. The van der Waals surface area contributed by atoms with Gasteiger partial charge in [0, 0.05) is 11.8 Å². The Bertz CT molecular complexity index is 581. The molecule has 0 heterocycles. The van der Waals surface area contributed by atoms with Crippen molar-refractivity contribution in [3.8, 4) is 0 Å². The van der Waals surface area contributed by atoms with Gasteiger partial charge in [0.2, 0.25) is 0 Å². The van der Waals surface area contributed by atoms with Crippen LogP contribution in [0.15, 0.2) is 35.1 Å². The molecule has 1 heteroatoms. The lowest BCUT2D eigenvalue weighted by molar-refractivity contribution is 0.102. The Kier molecular flexibility index (Phi) is 3.16. The maximum Gasteiger partial charge on any atom is 0.0958 e. The second-order valence-electron chi connectivity index (χ2n) is 8.60. The van der Waals surface area contributed by atoms with E-state index in [1.807, 2.05) is 7.11 Å². The van der Waals surface area contributed by atoms with Gasteiger partial charge in [-0.05, 0) is 66.9 Å². The van der Waals surface area contributed by atoms with Crippen LogP contribution in [0.4, 0.5) is 0 Å². The average Bonchev–Trinajstić information content (AvgIpc) is 2.82. The Hall–Kier alpha value is -0.980. The van der Waals surface area contributed by atoms with Crippen LogP contribution in [-0.4, -0.2) is 7.11 Å². The molecule has 1 nitrogen and oxygen atoms in total. The number of fused-ring (bicyclic) bond motifs is 5. The first-order valence-electron chi connectivity index (χ1n) is 9.15. The molecule has 0 aromatic heterocycles. The van der Waals surface area contributed by atoms with E-state index < -0.39 is 0 Å². The zero-order chi connectivity index (χ0) is 15.5. The van der Waals surface area contributed by atoms with Gasteiger partial charge in [-0.1, -0.05) is 38.5 Å². The van der Waals surface area contributed by atoms with Crippen LogP contribution in [0.25, 0.3) is 0 Å². The summed E-state index contributed by atoms with van der Waals surface area (Å²) < 4.78 is 5.52. The molecule has 0 radical (unpaired) electrons. The van der Waals surface area contributed by atoms with Gasteiger partial charge in [0.05, 0.1) is 12.9 Å². The van der Waals surface area contributed by atoms with Crippen LogP contribution in [0.3, 0.4) is 0 Å². The van der Waals surface area contributed by atoms with Gasteiger partial charge in [0.15, 0.2) is 0 Å². The normalized spacial score (nSPS) is 46.7. The highest BCUT2D eigenvalue weighted by atomic mass is 16.5. The molecule has 0 bridgehead atoms. The summed E-state index contributed by atoms with van der Waals surface area (Å²) in [6.45, 7) is 7.54. The lowest BCUT2D eigenvalue weighted by atomic mass is 9.52. The minimum atomic E-state index is 0.276. The molecule has 0 amide bonds. The predicted molar refractivity (Wildman–Crippen MR) is 91.3 cm³/mol. The van der Waals surface area contributed by atoms with Crippen molar-refractivity contribution in [3.05, 3.63) is 35.1 Å². The predicted octanol–water partition coefficient (Wildman–Crippen LogP) is 5.65. The van der Waals surface area contributed by atoms with E-state index >= 15 is 0 Å². The molecule has 1 fully saturated rings. The third kappa shape index (κ3) is 1.77. The zero-order valence-corrected chi connectivity index (χ0v) is 14.6. The molecule has 4 rings (SSSR count). The summed E-state index contributed by atoms with van der Waals surface area (Å²) in [4.78, 5) is 0. The lowest BCUT2D eigenvalue weighted by Gasteiger charge is -2.52. The van der Waals surface area contributed by atoms with E-state index in [4.69, 9.17) is 4.74 Å².